The summed E-state index contributed by atoms with van der Waals surface area (Å²) in [4.78, 5) is 50.8. The average molecular weight is 558 g/mol. The van der Waals surface area contributed by atoms with E-state index >= 15 is 0 Å². The number of allylic oxidation sites excluding steroid dienone is 1. The molecule has 1 aliphatic carbocycles. The first-order valence-electron chi connectivity index (χ1n) is 13.6. The van der Waals surface area contributed by atoms with Crippen LogP contribution in [0, 0.1) is 5.92 Å². The average Bonchev–Trinajstić information content (AvgIpc) is 3.39. The van der Waals surface area contributed by atoms with Crippen LogP contribution >= 0.6 is 0 Å². The van der Waals surface area contributed by atoms with Gasteiger partial charge in [-0.2, -0.15) is 0 Å². The number of alkyl carbamates (subject to hydrolysis) is 1. The number of esters is 1. The zero-order valence-corrected chi connectivity index (χ0v) is 23.6. The van der Waals surface area contributed by atoms with Crippen LogP contribution in [0.2, 0.25) is 0 Å². The van der Waals surface area contributed by atoms with Crippen molar-refractivity contribution in [2.75, 3.05) is 13.2 Å². The predicted octanol–water partition coefficient (Wildman–Crippen LogP) is 3.30. The molecule has 0 saturated heterocycles. The second kappa shape index (κ2) is 15.8. The first kappa shape index (κ1) is 32.6. The highest BCUT2D eigenvalue weighted by atomic mass is 16.6. The molecule has 0 bridgehead atoms. The van der Waals surface area contributed by atoms with Gasteiger partial charge in [-0.1, -0.05) is 55.3 Å². The van der Waals surface area contributed by atoms with Gasteiger partial charge in [0, 0.05) is 6.42 Å². The summed E-state index contributed by atoms with van der Waals surface area (Å²) in [5.74, 6) is -2.07. The summed E-state index contributed by atoms with van der Waals surface area (Å²) >= 11 is 0. The molecule has 2 atom stereocenters. The van der Waals surface area contributed by atoms with Crippen LogP contribution in [0.5, 0.6) is 0 Å². The van der Waals surface area contributed by atoms with Crippen molar-refractivity contribution in [2.45, 2.75) is 82.5 Å². The number of carbonyl (C=O) groups is 4. The molecule has 10 nitrogen and oxygen atoms in total. The van der Waals surface area contributed by atoms with E-state index in [9.17, 15) is 24.3 Å². The largest absolute Gasteiger partial charge is 0.462 e. The van der Waals surface area contributed by atoms with Gasteiger partial charge >= 0.3 is 12.1 Å². The van der Waals surface area contributed by atoms with Gasteiger partial charge in [0.25, 0.3) is 0 Å². The number of rotatable bonds is 16. The lowest BCUT2D eigenvalue weighted by Gasteiger charge is -2.30. The van der Waals surface area contributed by atoms with E-state index in [2.05, 4.69) is 29.1 Å². The number of aliphatic hydroxyl groups is 1. The fraction of sp³-hybridized carbons (Fsp3) is 0.533. The van der Waals surface area contributed by atoms with Crippen molar-refractivity contribution in [3.63, 3.8) is 0 Å². The third-order valence-electron chi connectivity index (χ3n) is 6.75. The summed E-state index contributed by atoms with van der Waals surface area (Å²) in [6.45, 7) is 10.4. The normalized spacial score (nSPS) is 15.7. The number of benzene rings is 1. The molecule has 0 aromatic heterocycles. The van der Waals surface area contributed by atoms with E-state index < -0.39 is 35.1 Å². The number of ether oxygens (including phenoxy) is 2. The van der Waals surface area contributed by atoms with Crippen molar-refractivity contribution in [2.24, 2.45) is 5.92 Å². The Hall–Kier alpha value is -3.66. The van der Waals surface area contributed by atoms with Crippen molar-refractivity contribution >= 4 is 23.9 Å². The fourth-order valence-corrected chi connectivity index (χ4v) is 4.54. The minimum atomic E-state index is -1.01. The SMILES string of the molecule is C=CCC(CC(=O)NC1(CO)CCCC1)C(=O)NC(C)(C)COC(=O)C(CC=C)NC(=O)OCc1ccccc1. The number of aliphatic hydroxyl groups excluding tert-OH is 1. The van der Waals surface area contributed by atoms with E-state index in [1.54, 1.807) is 19.9 Å². The van der Waals surface area contributed by atoms with E-state index in [1.165, 1.54) is 6.08 Å². The minimum Gasteiger partial charge on any atom is -0.462 e. The van der Waals surface area contributed by atoms with Gasteiger partial charge in [-0.25, -0.2) is 9.59 Å². The summed E-state index contributed by atoms with van der Waals surface area (Å²) in [5.41, 5.74) is -0.784. The smallest absolute Gasteiger partial charge is 0.408 e. The number of carbonyl (C=O) groups excluding carboxylic acids is 4. The first-order valence-corrected chi connectivity index (χ1v) is 13.6. The predicted molar refractivity (Wildman–Crippen MR) is 151 cm³/mol. The van der Waals surface area contributed by atoms with Crippen LogP contribution in [-0.4, -0.2) is 59.3 Å². The Morgan fingerprint density at radius 2 is 1.70 bits per heavy atom. The van der Waals surface area contributed by atoms with Crippen molar-refractivity contribution in [3.05, 3.63) is 61.2 Å². The van der Waals surface area contributed by atoms with Gasteiger partial charge in [0.2, 0.25) is 11.8 Å². The molecule has 1 aliphatic rings. The molecule has 2 unspecified atom stereocenters. The Kier molecular flexibility index (Phi) is 12.9. The molecular formula is C30H43N3O7. The van der Waals surface area contributed by atoms with E-state index in [1.807, 2.05) is 30.3 Å². The maximum Gasteiger partial charge on any atom is 0.408 e. The van der Waals surface area contributed by atoms with Crippen molar-refractivity contribution < 1.29 is 33.8 Å². The van der Waals surface area contributed by atoms with Gasteiger partial charge < -0.3 is 30.5 Å². The zero-order valence-electron chi connectivity index (χ0n) is 23.6. The molecule has 0 heterocycles. The van der Waals surface area contributed by atoms with E-state index in [0.717, 1.165) is 18.4 Å². The van der Waals surface area contributed by atoms with E-state index in [0.29, 0.717) is 12.8 Å². The van der Waals surface area contributed by atoms with Crippen LogP contribution < -0.4 is 16.0 Å². The van der Waals surface area contributed by atoms with Crippen LogP contribution in [0.3, 0.4) is 0 Å². The Balaban J connectivity index is 1.88. The Morgan fingerprint density at radius 1 is 1.05 bits per heavy atom. The maximum absolute atomic E-state index is 13.1. The number of nitrogens with one attached hydrogen (secondary N) is 3. The van der Waals surface area contributed by atoms with Crippen LogP contribution in [-0.2, 0) is 30.5 Å². The highest BCUT2D eigenvalue weighted by Crippen LogP contribution is 2.29. The third-order valence-corrected chi connectivity index (χ3v) is 6.75. The minimum absolute atomic E-state index is 0.0481. The standard InChI is InChI=1S/C30H43N3O7/c1-5-12-23(18-25(35)32-30(20-34)16-10-11-17-30)26(36)33-29(3,4)21-40-27(37)24(13-6-2)31-28(38)39-19-22-14-8-7-9-15-22/h5-9,14-15,23-24,34H,1-2,10-13,16-21H2,3-4H3,(H,31,38)(H,32,35)(H,33,36). The molecule has 1 fully saturated rings. The van der Waals surface area contributed by atoms with Gasteiger partial charge in [0.05, 0.1) is 23.6 Å². The highest BCUT2D eigenvalue weighted by molar-refractivity contribution is 5.86. The highest BCUT2D eigenvalue weighted by Gasteiger charge is 2.36. The Bertz CT molecular complexity index is 1020. The molecule has 40 heavy (non-hydrogen) atoms. The molecule has 220 valence electrons. The Morgan fingerprint density at radius 3 is 2.30 bits per heavy atom. The van der Waals surface area contributed by atoms with Gasteiger partial charge in [0.1, 0.15) is 19.3 Å². The molecule has 0 radical (unpaired) electrons. The molecular weight excluding hydrogens is 514 g/mol. The van der Waals surface area contributed by atoms with E-state index in [-0.39, 0.29) is 50.9 Å². The molecule has 2 rings (SSSR count). The molecule has 1 aromatic carbocycles. The summed E-state index contributed by atoms with van der Waals surface area (Å²) in [5, 5.41) is 18.0. The van der Waals surface area contributed by atoms with Gasteiger partial charge in [-0.15, -0.1) is 13.2 Å². The number of hydrogen-bond acceptors (Lipinski definition) is 7. The summed E-state index contributed by atoms with van der Waals surface area (Å²) in [7, 11) is 0. The van der Waals surface area contributed by atoms with Crippen molar-refractivity contribution in [1.82, 2.24) is 16.0 Å². The molecule has 0 spiro atoms. The molecule has 0 aliphatic heterocycles. The topological polar surface area (TPSA) is 143 Å². The van der Waals surface area contributed by atoms with Crippen LogP contribution in [0.15, 0.2) is 55.6 Å². The second-order valence-electron chi connectivity index (χ2n) is 10.9. The first-order chi connectivity index (χ1) is 19.0. The molecule has 1 aromatic rings. The molecule has 4 N–H and O–H groups in total. The molecule has 1 saturated carbocycles. The summed E-state index contributed by atoms with van der Waals surface area (Å²) in [6.07, 6.45) is 5.90. The lowest BCUT2D eigenvalue weighted by atomic mass is 9.95. The third kappa shape index (κ3) is 10.8. The quantitative estimate of drug-likeness (QED) is 0.180. The number of hydrogen-bond donors (Lipinski definition) is 4. The van der Waals surface area contributed by atoms with Gasteiger partial charge in [0.15, 0.2) is 0 Å². The van der Waals surface area contributed by atoms with Crippen LogP contribution in [0.1, 0.15) is 64.4 Å². The van der Waals surface area contributed by atoms with Gasteiger partial charge in [-0.3, -0.25) is 9.59 Å². The van der Waals surface area contributed by atoms with Crippen molar-refractivity contribution in [3.8, 4) is 0 Å². The second-order valence-corrected chi connectivity index (χ2v) is 10.9. The van der Waals surface area contributed by atoms with Gasteiger partial charge in [-0.05, 0) is 45.1 Å². The van der Waals surface area contributed by atoms with Crippen LogP contribution in [0.4, 0.5) is 4.79 Å². The molecule has 10 heteroatoms. The lowest BCUT2D eigenvalue weighted by molar-refractivity contribution is -0.149. The van der Waals surface area contributed by atoms with E-state index in [4.69, 9.17) is 9.47 Å². The maximum atomic E-state index is 13.1. The lowest BCUT2D eigenvalue weighted by Crippen LogP contribution is -2.52. The Labute approximate surface area is 236 Å². The monoisotopic (exact) mass is 557 g/mol. The zero-order chi connectivity index (χ0) is 29.6. The fourth-order valence-electron chi connectivity index (χ4n) is 4.54. The van der Waals surface area contributed by atoms with Crippen LogP contribution in [0.25, 0.3) is 0 Å². The van der Waals surface area contributed by atoms with Crippen molar-refractivity contribution in [1.29, 1.82) is 0 Å². The summed E-state index contributed by atoms with van der Waals surface area (Å²) in [6, 6.07) is 8.11. The number of amides is 3. The summed E-state index contributed by atoms with van der Waals surface area (Å²) < 4.78 is 10.6. The molecule has 3 amide bonds.